The summed E-state index contributed by atoms with van der Waals surface area (Å²) >= 11 is 4.30. The minimum absolute atomic E-state index is 0.294. The summed E-state index contributed by atoms with van der Waals surface area (Å²) in [4.78, 5) is 0. The highest BCUT2D eigenvalue weighted by Crippen LogP contribution is 2.14. The summed E-state index contributed by atoms with van der Waals surface area (Å²) in [6, 6.07) is 0. The van der Waals surface area contributed by atoms with Crippen LogP contribution in [0.5, 0.6) is 0 Å². The van der Waals surface area contributed by atoms with Crippen molar-refractivity contribution in [2.45, 2.75) is 25.5 Å². The predicted molar refractivity (Wildman–Crippen MR) is 47.0 cm³/mol. The molecule has 0 saturated carbocycles. The Balaban J connectivity index is 3.63. The van der Waals surface area contributed by atoms with Crippen LogP contribution >= 0.6 is 12.6 Å². The normalized spacial score (nSPS) is 12.8. The molecule has 52 valence electrons. The highest BCUT2D eigenvalue weighted by molar-refractivity contribution is 7.81. The largest absolute Gasteiger partial charge is 0.171 e. The molecule has 0 aliphatic rings. The van der Waals surface area contributed by atoms with Crippen LogP contribution < -0.4 is 0 Å². The second-order valence-electron chi connectivity index (χ2n) is 2.52. The van der Waals surface area contributed by atoms with Crippen molar-refractivity contribution in [3.63, 3.8) is 0 Å². The monoisotopic (exact) mass is 142 g/mol. The molecule has 0 aromatic heterocycles. The van der Waals surface area contributed by atoms with E-state index >= 15 is 0 Å². The molecule has 0 amide bonds. The van der Waals surface area contributed by atoms with Crippen molar-refractivity contribution in [1.82, 2.24) is 0 Å². The molecule has 0 saturated heterocycles. The van der Waals surface area contributed by atoms with E-state index in [4.69, 9.17) is 0 Å². The van der Waals surface area contributed by atoms with Crippen LogP contribution in [0.2, 0.25) is 0 Å². The van der Waals surface area contributed by atoms with Gasteiger partial charge in [-0.1, -0.05) is 17.7 Å². The number of rotatable bonds is 3. The van der Waals surface area contributed by atoms with E-state index in [0.29, 0.717) is 5.25 Å². The smallest absolute Gasteiger partial charge is 0.0257 e. The van der Waals surface area contributed by atoms with E-state index < -0.39 is 0 Å². The Bertz CT molecular complexity index is 125. The molecule has 0 unspecified atom stereocenters. The molecule has 0 nitrogen and oxygen atoms in total. The van der Waals surface area contributed by atoms with Gasteiger partial charge in [0.25, 0.3) is 0 Å². The first kappa shape index (κ1) is 8.83. The van der Waals surface area contributed by atoms with Gasteiger partial charge in [-0.3, -0.25) is 0 Å². The Morgan fingerprint density at radius 3 is 2.00 bits per heavy atom. The first-order valence-electron chi connectivity index (χ1n) is 3.02. The van der Waals surface area contributed by atoms with Crippen LogP contribution in [-0.2, 0) is 0 Å². The van der Waals surface area contributed by atoms with Crippen LogP contribution in [0.15, 0.2) is 24.3 Å². The van der Waals surface area contributed by atoms with E-state index in [1.807, 2.05) is 13.8 Å². The zero-order valence-electron chi connectivity index (χ0n) is 6.15. The molecule has 0 heterocycles. The molecule has 0 aromatic rings. The van der Waals surface area contributed by atoms with E-state index in [9.17, 15) is 0 Å². The van der Waals surface area contributed by atoms with Gasteiger partial charge in [-0.2, -0.15) is 12.6 Å². The molecule has 0 rings (SSSR count). The summed E-state index contributed by atoms with van der Waals surface area (Å²) in [6.45, 7) is 11.6. The SMILES string of the molecule is C=C(C)C[C@H](S)C(=C)C. The molecule has 1 atom stereocenters. The van der Waals surface area contributed by atoms with Gasteiger partial charge in [0, 0.05) is 5.25 Å². The molecule has 0 bridgehead atoms. The van der Waals surface area contributed by atoms with Gasteiger partial charge in [0.05, 0.1) is 0 Å². The third kappa shape index (κ3) is 4.34. The minimum Gasteiger partial charge on any atom is -0.171 e. The van der Waals surface area contributed by atoms with Gasteiger partial charge in [0.2, 0.25) is 0 Å². The van der Waals surface area contributed by atoms with Crippen LogP contribution in [0.25, 0.3) is 0 Å². The van der Waals surface area contributed by atoms with E-state index in [0.717, 1.165) is 17.6 Å². The number of thiol groups is 1. The highest BCUT2D eigenvalue weighted by Gasteiger charge is 2.01. The maximum Gasteiger partial charge on any atom is 0.0257 e. The Labute approximate surface area is 63.1 Å². The molecule has 0 aliphatic carbocycles. The topological polar surface area (TPSA) is 0 Å². The van der Waals surface area contributed by atoms with Gasteiger partial charge in [0.1, 0.15) is 0 Å². The van der Waals surface area contributed by atoms with Crippen molar-refractivity contribution in [1.29, 1.82) is 0 Å². The first-order chi connectivity index (χ1) is 4.04. The van der Waals surface area contributed by atoms with Crippen molar-refractivity contribution in [3.8, 4) is 0 Å². The number of hydrogen-bond acceptors (Lipinski definition) is 1. The Kier molecular flexibility index (Phi) is 3.71. The second-order valence-corrected chi connectivity index (χ2v) is 3.15. The summed E-state index contributed by atoms with van der Waals surface area (Å²) in [5, 5.41) is 0.294. The van der Waals surface area contributed by atoms with Gasteiger partial charge in [-0.15, -0.1) is 6.58 Å². The van der Waals surface area contributed by atoms with Gasteiger partial charge in [-0.05, 0) is 20.3 Å². The van der Waals surface area contributed by atoms with Gasteiger partial charge in [-0.25, -0.2) is 0 Å². The van der Waals surface area contributed by atoms with Gasteiger partial charge < -0.3 is 0 Å². The van der Waals surface area contributed by atoms with Crippen LogP contribution in [0.4, 0.5) is 0 Å². The van der Waals surface area contributed by atoms with Gasteiger partial charge in [0.15, 0.2) is 0 Å². The van der Waals surface area contributed by atoms with Crippen LogP contribution in [0.3, 0.4) is 0 Å². The van der Waals surface area contributed by atoms with Crippen LogP contribution in [0, 0.1) is 0 Å². The standard InChI is InChI=1S/C8H14S/c1-6(2)5-8(9)7(3)4/h8-9H,1,3,5H2,2,4H3/t8-/m0/s1. The van der Waals surface area contributed by atoms with Crippen LogP contribution in [0.1, 0.15) is 20.3 Å². The zero-order chi connectivity index (χ0) is 7.44. The van der Waals surface area contributed by atoms with Crippen LogP contribution in [-0.4, -0.2) is 5.25 Å². The van der Waals surface area contributed by atoms with Gasteiger partial charge >= 0.3 is 0 Å². The Morgan fingerprint density at radius 1 is 1.44 bits per heavy atom. The fourth-order valence-corrected chi connectivity index (χ4v) is 0.816. The average Bonchev–Trinajstić information content (AvgIpc) is 1.63. The third-order valence-corrected chi connectivity index (χ3v) is 1.73. The molecule has 0 aliphatic heterocycles. The van der Waals surface area contributed by atoms with Crippen molar-refractivity contribution < 1.29 is 0 Å². The summed E-state index contributed by atoms with van der Waals surface area (Å²) in [7, 11) is 0. The maximum absolute atomic E-state index is 4.30. The van der Waals surface area contributed by atoms with Crippen molar-refractivity contribution >= 4 is 12.6 Å². The fraction of sp³-hybridized carbons (Fsp3) is 0.500. The van der Waals surface area contributed by atoms with E-state index in [1.165, 1.54) is 0 Å². The van der Waals surface area contributed by atoms with Crippen molar-refractivity contribution in [2.75, 3.05) is 0 Å². The third-order valence-electron chi connectivity index (χ3n) is 1.11. The summed E-state index contributed by atoms with van der Waals surface area (Å²) in [5.41, 5.74) is 2.28. The molecule has 0 radical (unpaired) electrons. The maximum atomic E-state index is 4.30. The van der Waals surface area contributed by atoms with E-state index in [-0.39, 0.29) is 0 Å². The van der Waals surface area contributed by atoms with E-state index in [2.05, 4.69) is 25.8 Å². The molecule has 0 fully saturated rings. The molecule has 0 spiro atoms. The lowest BCUT2D eigenvalue weighted by atomic mass is 10.1. The lowest BCUT2D eigenvalue weighted by Gasteiger charge is -2.08. The average molecular weight is 142 g/mol. The molecular weight excluding hydrogens is 128 g/mol. The quantitative estimate of drug-likeness (QED) is 0.454. The summed E-state index contributed by atoms with van der Waals surface area (Å²) in [6.07, 6.45) is 0.943. The molecular formula is C8H14S. The lowest BCUT2D eigenvalue weighted by molar-refractivity contribution is 0.958. The summed E-state index contributed by atoms with van der Waals surface area (Å²) < 4.78 is 0. The minimum atomic E-state index is 0.294. The molecule has 1 heteroatoms. The fourth-order valence-electron chi connectivity index (χ4n) is 0.504. The van der Waals surface area contributed by atoms with Crippen molar-refractivity contribution in [3.05, 3.63) is 24.3 Å². The molecule has 9 heavy (non-hydrogen) atoms. The zero-order valence-corrected chi connectivity index (χ0v) is 7.04. The number of hydrogen-bond donors (Lipinski definition) is 1. The Hall–Kier alpha value is -0.170. The summed E-state index contributed by atoms with van der Waals surface area (Å²) in [5.74, 6) is 0. The predicted octanol–water partition coefficient (Wildman–Crippen LogP) is 2.83. The number of allylic oxidation sites excluding steroid dienone is 1. The molecule has 0 N–H and O–H groups in total. The second kappa shape index (κ2) is 3.78. The first-order valence-corrected chi connectivity index (χ1v) is 3.53. The van der Waals surface area contributed by atoms with E-state index in [1.54, 1.807) is 0 Å². The highest BCUT2D eigenvalue weighted by atomic mass is 32.1. The Morgan fingerprint density at radius 2 is 1.89 bits per heavy atom. The lowest BCUT2D eigenvalue weighted by Crippen LogP contribution is -1.98. The molecule has 0 aromatic carbocycles. The van der Waals surface area contributed by atoms with Crippen molar-refractivity contribution in [2.24, 2.45) is 0 Å².